The van der Waals surface area contributed by atoms with E-state index < -0.39 is 17.9 Å². The van der Waals surface area contributed by atoms with Crippen molar-refractivity contribution in [2.45, 2.75) is 6.92 Å². The summed E-state index contributed by atoms with van der Waals surface area (Å²) in [5.41, 5.74) is 1.25. The van der Waals surface area contributed by atoms with Crippen molar-refractivity contribution in [3.8, 4) is 28.6 Å². The van der Waals surface area contributed by atoms with Gasteiger partial charge in [-0.15, -0.1) is 0 Å². The summed E-state index contributed by atoms with van der Waals surface area (Å²) in [5.74, 6) is -0.773. The Morgan fingerprint density at radius 1 is 0.909 bits per heavy atom. The number of rotatable bonds is 7. The molecule has 0 bridgehead atoms. The van der Waals surface area contributed by atoms with Crippen LogP contribution in [-0.4, -0.2) is 46.3 Å². The Hall–Kier alpha value is -4.27. The minimum Gasteiger partial charge on any atom is -0.497 e. The van der Waals surface area contributed by atoms with E-state index in [-0.39, 0.29) is 22.7 Å². The van der Waals surface area contributed by atoms with Crippen molar-refractivity contribution in [1.29, 1.82) is 0 Å². The average Bonchev–Trinajstić information content (AvgIpc) is 3.20. The summed E-state index contributed by atoms with van der Waals surface area (Å²) >= 11 is 0. The molecule has 1 heterocycles. The van der Waals surface area contributed by atoms with Crippen molar-refractivity contribution in [2.24, 2.45) is 0 Å². The minimum absolute atomic E-state index is 0.0951. The van der Waals surface area contributed by atoms with Crippen molar-refractivity contribution < 1.29 is 42.5 Å². The first-order valence-corrected chi connectivity index (χ1v) is 9.68. The molecule has 0 fully saturated rings. The van der Waals surface area contributed by atoms with E-state index in [1.807, 2.05) is 0 Å². The highest BCUT2D eigenvalue weighted by Crippen LogP contribution is 2.43. The molecule has 172 valence electrons. The van der Waals surface area contributed by atoms with Gasteiger partial charge in [0.2, 0.25) is 0 Å². The molecule has 0 saturated heterocycles. The molecule has 0 aliphatic rings. The van der Waals surface area contributed by atoms with Gasteiger partial charge in [0.25, 0.3) is 0 Å². The third-order valence-electron chi connectivity index (χ3n) is 4.69. The summed E-state index contributed by atoms with van der Waals surface area (Å²) in [6.07, 6.45) is 2.75. The predicted octanol–water partition coefficient (Wildman–Crippen LogP) is 4.02. The van der Waals surface area contributed by atoms with Crippen molar-refractivity contribution in [3.63, 3.8) is 0 Å². The van der Waals surface area contributed by atoms with Crippen LogP contribution >= 0.6 is 0 Å². The lowest BCUT2D eigenvalue weighted by Crippen LogP contribution is -2.05. The summed E-state index contributed by atoms with van der Waals surface area (Å²) in [6.45, 7) is 1.26. The van der Waals surface area contributed by atoms with Crippen LogP contribution in [0.2, 0.25) is 0 Å². The van der Waals surface area contributed by atoms with Gasteiger partial charge in [-0.05, 0) is 35.9 Å². The third kappa shape index (κ3) is 4.82. The van der Waals surface area contributed by atoms with Crippen molar-refractivity contribution >= 4 is 35.0 Å². The molecule has 33 heavy (non-hydrogen) atoms. The first-order chi connectivity index (χ1) is 15.8. The molecule has 9 heteroatoms. The van der Waals surface area contributed by atoms with Crippen LogP contribution in [0, 0.1) is 0 Å². The average molecular weight is 454 g/mol. The molecular weight excluding hydrogens is 432 g/mol. The summed E-state index contributed by atoms with van der Waals surface area (Å²) in [6, 6.07) is 8.03. The molecule has 0 saturated carbocycles. The van der Waals surface area contributed by atoms with Gasteiger partial charge in [0, 0.05) is 24.5 Å². The van der Waals surface area contributed by atoms with Crippen LogP contribution in [0.5, 0.6) is 17.2 Å². The SMILES string of the molecule is COC(=O)/C=C/c1cc(OC)c2oc(-c3ccc(OC)cc3OC(C)=O)c(C(=O)OC)c2c1. The summed E-state index contributed by atoms with van der Waals surface area (Å²) < 4.78 is 31.7. The van der Waals surface area contributed by atoms with E-state index >= 15 is 0 Å². The van der Waals surface area contributed by atoms with Crippen molar-refractivity contribution in [2.75, 3.05) is 28.4 Å². The fraction of sp³-hybridized carbons (Fsp3) is 0.208. The number of esters is 3. The van der Waals surface area contributed by atoms with Crippen LogP contribution in [-0.2, 0) is 19.1 Å². The van der Waals surface area contributed by atoms with Gasteiger partial charge < -0.3 is 28.1 Å². The number of fused-ring (bicyclic) bond motifs is 1. The predicted molar refractivity (Wildman–Crippen MR) is 118 cm³/mol. The molecule has 0 aliphatic carbocycles. The number of carbonyl (C=O) groups excluding carboxylic acids is 3. The van der Waals surface area contributed by atoms with E-state index in [9.17, 15) is 14.4 Å². The molecule has 1 aromatic heterocycles. The Kier molecular flexibility index (Phi) is 7.02. The molecule has 9 nitrogen and oxygen atoms in total. The number of ether oxygens (including phenoxy) is 5. The highest BCUT2D eigenvalue weighted by atomic mass is 16.5. The van der Waals surface area contributed by atoms with Gasteiger partial charge in [-0.1, -0.05) is 0 Å². The summed E-state index contributed by atoms with van der Waals surface area (Å²) in [4.78, 5) is 36.0. The van der Waals surface area contributed by atoms with E-state index in [2.05, 4.69) is 4.74 Å². The quantitative estimate of drug-likeness (QED) is 0.297. The smallest absolute Gasteiger partial charge is 0.342 e. The zero-order valence-corrected chi connectivity index (χ0v) is 18.7. The monoisotopic (exact) mass is 454 g/mol. The van der Waals surface area contributed by atoms with Gasteiger partial charge >= 0.3 is 17.9 Å². The number of hydrogen-bond donors (Lipinski definition) is 0. The second-order valence-corrected chi connectivity index (χ2v) is 6.71. The maximum absolute atomic E-state index is 12.8. The standard InChI is InChI=1S/C24H22O9/c1-13(25)32-18-12-15(28-2)7-8-16(18)23-21(24(27)31-5)17-10-14(6-9-20(26)30-4)11-19(29-3)22(17)33-23/h6-12H,1-5H3/b9-6+. The lowest BCUT2D eigenvalue weighted by molar-refractivity contribution is -0.135. The van der Waals surface area contributed by atoms with E-state index in [1.54, 1.807) is 24.3 Å². The normalized spacial score (nSPS) is 10.8. The Morgan fingerprint density at radius 3 is 2.27 bits per heavy atom. The third-order valence-corrected chi connectivity index (χ3v) is 4.69. The van der Waals surface area contributed by atoms with E-state index in [0.717, 1.165) is 0 Å². The van der Waals surface area contributed by atoms with E-state index in [1.165, 1.54) is 53.6 Å². The molecule has 0 N–H and O–H groups in total. The fourth-order valence-electron chi connectivity index (χ4n) is 3.22. The minimum atomic E-state index is -0.676. The second kappa shape index (κ2) is 9.90. The maximum Gasteiger partial charge on any atom is 0.342 e. The molecule has 3 aromatic rings. The van der Waals surface area contributed by atoms with Gasteiger partial charge in [-0.25, -0.2) is 9.59 Å². The van der Waals surface area contributed by atoms with Gasteiger partial charge in [0.05, 0.1) is 34.0 Å². The molecular formula is C24H22O9. The number of carbonyl (C=O) groups is 3. The van der Waals surface area contributed by atoms with Crippen LogP contribution in [0.25, 0.3) is 28.4 Å². The van der Waals surface area contributed by atoms with Crippen LogP contribution in [0.3, 0.4) is 0 Å². The highest BCUT2D eigenvalue weighted by Gasteiger charge is 2.27. The topological polar surface area (TPSA) is 111 Å². The number of methoxy groups -OCH3 is 4. The van der Waals surface area contributed by atoms with Crippen LogP contribution < -0.4 is 14.2 Å². The summed E-state index contributed by atoms with van der Waals surface area (Å²) in [5, 5.41) is 0.380. The van der Waals surface area contributed by atoms with E-state index in [0.29, 0.717) is 28.0 Å². The lowest BCUT2D eigenvalue weighted by atomic mass is 10.0. The first-order valence-electron chi connectivity index (χ1n) is 9.68. The number of hydrogen-bond acceptors (Lipinski definition) is 9. The van der Waals surface area contributed by atoms with E-state index in [4.69, 9.17) is 23.4 Å². The first kappa shape index (κ1) is 23.4. The molecule has 0 atom stereocenters. The second-order valence-electron chi connectivity index (χ2n) is 6.71. The van der Waals surface area contributed by atoms with Crippen LogP contribution in [0.4, 0.5) is 0 Å². The fourth-order valence-corrected chi connectivity index (χ4v) is 3.22. The largest absolute Gasteiger partial charge is 0.497 e. The zero-order chi connectivity index (χ0) is 24.1. The molecule has 0 amide bonds. The highest BCUT2D eigenvalue weighted by molar-refractivity contribution is 6.11. The molecule has 2 aromatic carbocycles. The Labute approximate surface area is 189 Å². The number of benzene rings is 2. The van der Waals surface area contributed by atoms with Gasteiger partial charge in [-0.3, -0.25) is 4.79 Å². The van der Waals surface area contributed by atoms with Crippen LogP contribution in [0.1, 0.15) is 22.8 Å². The summed E-state index contributed by atoms with van der Waals surface area (Å²) in [7, 11) is 5.43. The molecule has 0 aliphatic heterocycles. The molecule has 0 unspecified atom stereocenters. The maximum atomic E-state index is 12.8. The van der Waals surface area contributed by atoms with Crippen molar-refractivity contribution in [3.05, 3.63) is 47.5 Å². The molecule has 0 spiro atoms. The Balaban J connectivity index is 2.33. The Morgan fingerprint density at radius 2 is 1.67 bits per heavy atom. The van der Waals surface area contributed by atoms with Crippen molar-refractivity contribution in [1.82, 2.24) is 0 Å². The molecule has 3 rings (SSSR count). The van der Waals surface area contributed by atoms with Crippen LogP contribution in [0.15, 0.2) is 40.8 Å². The van der Waals surface area contributed by atoms with Gasteiger partial charge in [0.1, 0.15) is 17.1 Å². The zero-order valence-electron chi connectivity index (χ0n) is 18.7. The molecule has 0 radical (unpaired) electrons. The van der Waals surface area contributed by atoms with Gasteiger partial charge in [0.15, 0.2) is 17.1 Å². The Bertz CT molecular complexity index is 1250. The lowest BCUT2D eigenvalue weighted by Gasteiger charge is -2.10. The number of furan rings is 1. The van der Waals surface area contributed by atoms with Gasteiger partial charge in [-0.2, -0.15) is 0 Å².